The molecule has 0 bridgehead atoms. The van der Waals surface area contributed by atoms with Gasteiger partial charge < -0.3 is 4.98 Å². The molecule has 0 aliphatic heterocycles. The van der Waals surface area contributed by atoms with Crippen molar-refractivity contribution in [1.29, 1.82) is 0 Å². The fourth-order valence-electron chi connectivity index (χ4n) is 1.03. The number of hydrogen-bond donors (Lipinski definition) is 1. The van der Waals surface area contributed by atoms with Crippen LogP contribution in [-0.2, 0) is 6.42 Å². The molecule has 2 aromatic heterocycles. The zero-order chi connectivity index (χ0) is 7.68. The summed E-state index contributed by atoms with van der Waals surface area (Å²) in [6.45, 7) is 3.65. The highest BCUT2D eigenvalue weighted by Crippen LogP contribution is 2.15. The fraction of sp³-hybridized carbons (Fsp3) is 0.125. The van der Waals surface area contributed by atoms with Crippen LogP contribution in [0.1, 0.15) is 5.82 Å². The topological polar surface area (TPSA) is 28.7 Å². The molecule has 0 atom stereocenters. The zero-order valence-corrected chi connectivity index (χ0v) is 6.82. The molecule has 56 valence electrons. The third kappa shape index (κ3) is 1.07. The lowest BCUT2D eigenvalue weighted by Crippen LogP contribution is -1.81. The molecule has 0 aromatic carbocycles. The van der Waals surface area contributed by atoms with Crippen molar-refractivity contribution in [2.75, 3.05) is 0 Å². The summed E-state index contributed by atoms with van der Waals surface area (Å²) in [5.41, 5.74) is 2.19. The first-order valence-corrected chi connectivity index (χ1v) is 4.36. The number of H-pyrrole nitrogens is 1. The lowest BCUT2D eigenvalue weighted by atomic mass is 10.4. The summed E-state index contributed by atoms with van der Waals surface area (Å²) in [6, 6.07) is 0. The first-order valence-electron chi connectivity index (χ1n) is 3.42. The number of fused-ring (bicyclic) bond motifs is 1. The van der Waals surface area contributed by atoms with Crippen LogP contribution < -0.4 is 0 Å². The molecule has 11 heavy (non-hydrogen) atoms. The molecule has 0 saturated carbocycles. The average Bonchev–Trinajstić information content (AvgIpc) is 2.46. The highest BCUT2D eigenvalue weighted by atomic mass is 32.1. The van der Waals surface area contributed by atoms with Crippen LogP contribution >= 0.6 is 11.3 Å². The van der Waals surface area contributed by atoms with Crippen molar-refractivity contribution >= 4 is 22.4 Å². The van der Waals surface area contributed by atoms with Gasteiger partial charge in [-0.25, -0.2) is 4.98 Å². The number of aromatic nitrogens is 2. The lowest BCUT2D eigenvalue weighted by Gasteiger charge is -1.83. The van der Waals surface area contributed by atoms with Crippen molar-refractivity contribution in [2.45, 2.75) is 6.42 Å². The number of nitrogens with one attached hydrogen (secondary N) is 1. The average molecular weight is 164 g/mol. The molecule has 0 spiro atoms. The van der Waals surface area contributed by atoms with Crippen LogP contribution in [0, 0.1) is 0 Å². The smallest absolute Gasteiger partial charge is 0.111 e. The Labute approximate surface area is 68.6 Å². The summed E-state index contributed by atoms with van der Waals surface area (Å²) in [4.78, 5) is 7.55. The molecule has 3 heteroatoms. The highest BCUT2D eigenvalue weighted by Gasteiger charge is 1.99. The molecule has 0 saturated heterocycles. The maximum absolute atomic E-state index is 4.35. The summed E-state index contributed by atoms with van der Waals surface area (Å²) in [5, 5.41) is 4.10. The number of hydrogen-bond acceptors (Lipinski definition) is 2. The number of nitrogens with zero attached hydrogens (tertiary/aromatic N) is 1. The predicted octanol–water partition coefficient (Wildman–Crippen LogP) is 2.35. The van der Waals surface area contributed by atoms with E-state index in [9.17, 15) is 0 Å². The van der Waals surface area contributed by atoms with Crippen LogP contribution in [0.15, 0.2) is 23.4 Å². The van der Waals surface area contributed by atoms with E-state index in [4.69, 9.17) is 0 Å². The van der Waals surface area contributed by atoms with E-state index in [-0.39, 0.29) is 0 Å². The van der Waals surface area contributed by atoms with E-state index in [1.165, 1.54) is 0 Å². The van der Waals surface area contributed by atoms with Crippen molar-refractivity contribution in [3.63, 3.8) is 0 Å². The Morgan fingerprint density at radius 2 is 2.55 bits per heavy atom. The molecule has 0 radical (unpaired) electrons. The predicted molar refractivity (Wildman–Crippen MR) is 47.9 cm³/mol. The SMILES string of the molecule is C=CCc1nc2cscc2[nH]1. The largest absolute Gasteiger partial charge is 0.341 e. The molecular formula is C8H8N2S. The van der Waals surface area contributed by atoms with Crippen molar-refractivity contribution in [2.24, 2.45) is 0 Å². The molecular weight excluding hydrogens is 156 g/mol. The molecule has 2 aromatic rings. The van der Waals surface area contributed by atoms with Crippen LogP contribution in [0.3, 0.4) is 0 Å². The summed E-state index contributed by atoms with van der Waals surface area (Å²) >= 11 is 1.67. The molecule has 0 aliphatic carbocycles. The Hall–Kier alpha value is -1.09. The monoisotopic (exact) mass is 164 g/mol. The van der Waals surface area contributed by atoms with Gasteiger partial charge in [-0.1, -0.05) is 6.08 Å². The standard InChI is InChI=1S/C8H8N2S/c1-2-3-8-9-6-4-11-5-7(6)10-8/h2,4-5H,1,3H2,(H,9,10). The van der Waals surface area contributed by atoms with Gasteiger partial charge in [-0.3, -0.25) is 0 Å². The van der Waals surface area contributed by atoms with Crippen LogP contribution in [0.2, 0.25) is 0 Å². The Morgan fingerprint density at radius 1 is 1.64 bits per heavy atom. The second-order valence-electron chi connectivity index (χ2n) is 2.35. The van der Waals surface area contributed by atoms with Crippen LogP contribution in [-0.4, -0.2) is 9.97 Å². The van der Waals surface area contributed by atoms with E-state index in [1.54, 1.807) is 11.3 Å². The van der Waals surface area contributed by atoms with Crippen molar-refractivity contribution < 1.29 is 0 Å². The Bertz CT molecular complexity index is 343. The number of imidazole rings is 1. The maximum atomic E-state index is 4.35. The quantitative estimate of drug-likeness (QED) is 0.678. The summed E-state index contributed by atoms with van der Waals surface area (Å²) in [7, 11) is 0. The van der Waals surface area contributed by atoms with Crippen molar-refractivity contribution in [3.05, 3.63) is 29.2 Å². The molecule has 0 amide bonds. The van der Waals surface area contributed by atoms with Gasteiger partial charge >= 0.3 is 0 Å². The first-order chi connectivity index (χ1) is 5.40. The Morgan fingerprint density at radius 3 is 3.27 bits per heavy atom. The molecule has 2 nitrogen and oxygen atoms in total. The van der Waals surface area contributed by atoms with E-state index >= 15 is 0 Å². The number of rotatable bonds is 2. The van der Waals surface area contributed by atoms with Crippen LogP contribution in [0.25, 0.3) is 11.0 Å². The zero-order valence-electron chi connectivity index (χ0n) is 6.00. The van der Waals surface area contributed by atoms with Gasteiger partial charge in [-0.15, -0.1) is 17.9 Å². The normalized spacial score (nSPS) is 10.5. The van der Waals surface area contributed by atoms with E-state index in [0.29, 0.717) is 0 Å². The molecule has 0 unspecified atom stereocenters. The van der Waals surface area contributed by atoms with Crippen molar-refractivity contribution in [1.82, 2.24) is 9.97 Å². The first kappa shape index (κ1) is 6.61. The van der Waals surface area contributed by atoms with Crippen molar-refractivity contribution in [3.8, 4) is 0 Å². The molecule has 1 N–H and O–H groups in total. The van der Waals surface area contributed by atoms with Gasteiger partial charge in [-0.05, 0) is 0 Å². The number of thiophene rings is 1. The van der Waals surface area contributed by atoms with Gasteiger partial charge in [0.15, 0.2) is 0 Å². The third-order valence-corrected chi connectivity index (χ3v) is 2.24. The minimum absolute atomic E-state index is 0.819. The number of allylic oxidation sites excluding steroid dienone is 1. The Balaban J connectivity index is 2.49. The van der Waals surface area contributed by atoms with Gasteiger partial charge in [0.25, 0.3) is 0 Å². The molecule has 0 aliphatic rings. The van der Waals surface area contributed by atoms with Gasteiger partial charge in [-0.2, -0.15) is 0 Å². The van der Waals surface area contributed by atoms with E-state index in [2.05, 4.69) is 21.9 Å². The fourth-order valence-corrected chi connectivity index (χ4v) is 1.73. The van der Waals surface area contributed by atoms with Crippen LogP contribution in [0.5, 0.6) is 0 Å². The second kappa shape index (κ2) is 2.51. The molecule has 2 heterocycles. The lowest BCUT2D eigenvalue weighted by molar-refractivity contribution is 1.07. The van der Waals surface area contributed by atoms with Gasteiger partial charge in [0.2, 0.25) is 0 Å². The second-order valence-corrected chi connectivity index (χ2v) is 3.09. The minimum Gasteiger partial charge on any atom is -0.341 e. The van der Waals surface area contributed by atoms with E-state index < -0.39 is 0 Å². The van der Waals surface area contributed by atoms with E-state index in [0.717, 1.165) is 23.3 Å². The Kier molecular flexibility index (Phi) is 1.51. The summed E-state index contributed by atoms with van der Waals surface area (Å²) < 4.78 is 0. The third-order valence-electron chi connectivity index (χ3n) is 1.51. The van der Waals surface area contributed by atoms with Gasteiger partial charge in [0.05, 0.1) is 11.0 Å². The number of aromatic amines is 1. The minimum atomic E-state index is 0.819. The van der Waals surface area contributed by atoms with Gasteiger partial charge in [0, 0.05) is 17.2 Å². The highest BCUT2D eigenvalue weighted by molar-refractivity contribution is 7.09. The van der Waals surface area contributed by atoms with Gasteiger partial charge in [0.1, 0.15) is 5.82 Å². The molecule has 0 fully saturated rings. The summed E-state index contributed by atoms with van der Waals surface area (Å²) in [6.07, 6.45) is 2.67. The molecule has 2 rings (SSSR count). The maximum Gasteiger partial charge on any atom is 0.111 e. The summed E-state index contributed by atoms with van der Waals surface area (Å²) in [5.74, 6) is 0.998. The van der Waals surface area contributed by atoms with Crippen LogP contribution in [0.4, 0.5) is 0 Å². The van der Waals surface area contributed by atoms with E-state index in [1.807, 2.05) is 11.5 Å².